The first-order chi connectivity index (χ1) is 7.70. The summed E-state index contributed by atoms with van der Waals surface area (Å²) in [6.07, 6.45) is 1.09. The van der Waals surface area contributed by atoms with Gasteiger partial charge in [-0.3, -0.25) is 0 Å². The molecule has 0 saturated carbocycles. The fraction of sp³-hybridized carbons (Fsp3) is 0.800. The number of halogens is 1. The molecule has 1 heterocycles. The highest BCUT2D eigenvalue weighted by Gasteiger charge is 2.19. The first-order valence-electron chi connectivity index (χ1n) is 5.56. The first kappa shape index (κ1) is 13.6. The molecule has 1 N–H and O–H groups in total. The van der Waals surface area contributed by atoms with Crippen molar-refractivity contribution in [3.63, 3.8) is 0 Å². The van der Waals surface area contributed by atoms with Crippen LogP contribution in [0.1, 0.15) is 32.0 Å². The zero-order valence-corrected chi connectivity index (χ0v) is 11.6. The second-order valence-corrected chi connectivity index (χ2v) is 4.31. The molecule has 0 aromatic carbocycles. The zero-order valence-electron chi connectivity index (χ0n) is 10.0. The Labute approximate surface area is 105 Å². The molecular weight excluding hydrogens is 272 g/mol. The van der Waals surface area contributed by atoms with Crippen molar-refractivity contribution in [2.75, 3.05) is 19.8 Å². The summed E-state index contributed by atoms with van der Waals surface area (Å²) in [6.45, 7) is 6.44. The first-order valence-corrected chi connectivity index (χ1v) is 6.36. The lowest BCUT2D eigenvalue weighted by Gasteiger charge is -2.18. The van der Waals surface area contributed by atoms with E-state index in [1.165, 1.54) is 0 Å². The van der Waals surface area contributed by atoms with Crippen molar-refractivity contribution < 1.29 is 4.74 Å². The van der Waals surface area contributed by atoms with Crippen molar-refractivity contribution in [2.24, 2.45) is 7.05 Å². The fourth-order valence-corrected chi connectivity index (χ4v) is 2.10. The molecule has 1 rings (SSSR count). The molecule has 0 bridgehead atoms. The van der Waals surface area contributed by atoms with Gasteiger partial charge in [0.15, 0.2) is 4.60 Å². The lowest BCUT2D eigenvalue weighted by atomic mass is 10.2. The number of aryl methyl sites for hydroxylation is 1. The van der Waals surface area contributed by atoms with Crippen LogP contribution in [0.25, 0.3) is 0 Å². The van der Waals surface area contributed by atoms with Gasteiger partial charge in [-0.15, -0.1) is 5.10 Å². The van der Waals surface area contributed by atoms with Gasteiger partial charge in [0.05, 0.1) is 18.3 Å². The Balaban J connectivity index is 2.74. The highest BCUT2D eigenvalue weighted by atomic mass is 79.9. The minimum absolute atomic E-state index is 0.134. The molecule has 0 radical (unpaired) electrons. The molecule has 5 nitrogen and oxygen atoms in total. The van der Waals surface area contributed by atoms with Gasteiger partial charge in [0, 0.05) is 13.7 Å². The topological polar surface area (TPSA) is 52.0 Å². The number of nitrogens with zero attached hydrogens (tertiary/aromatic N) is 3. The Morgan fingerprint density at radius 3 is 2.75 bits per heavy atom. The van der Waals surface area contributed by atoms with Crippen molar-refractivity contribution in [3.8, 4) is 0 Å². The third-order valence-corrected chi connectivity index (χ3v) is 2.85. The van der Waals surface area contributed by atoms with Crippen LogP contribution >= 0.6 is 15.9 Å². The molecule has 1 aromatic rings. The summed E-state index contributed by atoms with van der Waals surface area (Å²) >= 11 is 3.41. The van der Waals surface area contributed by atoms with E-state index in [1.54, 1.807) is 4.68 Å². The van der Waals surface area contributed by atoms with Gasteiger partial charge in [0.2, 0.25) is 0 Å². The van der Waals surface area contributed by atoms with E-state index in [-0.39, 0.29) is 6.04 Å². The summed E-state index contributed by atoms with van der Waals surface area (Å²) in [5, 5.41) is 11.4. The molecule has 1 atom stereocenters. The third-order valence-electron chi connectivity index (χ3n) is 2.29. The van der Waals surface area contributed by atoms with Crippen LogP contribution in [0.3, 0.4) is 0 Å². The third kappa shape index (κ3) is 3.54. The van der Waals surface area contributed by atoms with Gasteiger partial charge in [0.25, 0.3) is 0 Å². The van der Waals surface area contributed by atoms with Gasteiger partial charge in [-0.05, 0) is 35.8 Å². The summed E-state index contributed by atoms with van der Waals surface area (Å²) in [7, 11) is 1.89. The molecular formula is C10H19BrN4O. The van der Waals surface area contributed by atoms with E-state index in [1.807, 2.05) is 14.0 Å². The predicted molar refractivity (Wildman–Crippen MR) is 66.2 cm³/mol. The Hall–Kier alpha value is -0.460. The van der Waals surface area contributed by atoms with Crippen molar-refractivity contribution in [2.45, 2.75) is 26.3 Å². The second-order valence-electron chi connectivity index (χ2n) is 3.56. The molecule has 0 spiro atoms. The molecule has 0 saturated heterocycles. The molecule has 16 heavy (non-hydrogen) atoms. The van der Waals surface area contributed by atoms with Crippen molar-refractivity contribution >= 4 is 15.9 Å². The molecule has 0 aliphatic heterocycles. The maximum Gasteiger partial charge on any atom is 0.153 e. The summed E-state index contributed by atoms with van der Waals surface area (Å²) in [5.41, 5.74) is 1.03. The molecule has 0 amide bonds. The lowest BCUT2D eigenvalue weighted by Crippen LogP contribution is -2.28. The summed E-state index contributed by atoms with van der Waals surface area (Å²) in [5.74, 6) is 0. The van der Waals surface area contributed by atoms with E-state index in [0.29, 0.717) is 13.2 Å². The van der Waals surface area contributed by atoms with Gasteiger partial charge in [-0.2, -0.15) is 0 Å². The maximum absolute atomic E-state index is 5.47. The quantitative estimate of drug-likeness (QED) is 0.830. The van der Waals surface area contributed by atoms with E-state index in [2.05, 4.69) is 38.5 Å². The average molecular weight is 291 g/mol. The van der Waals surface area contributed by atoms with Gasteiger partial charge >= 0.3 is 0 Å². The molecule has 0 aliphatic carbocycles. The lowest BCUT2D eigenvalue weighted by molar-refractivity contribution is 0.120. The zero-order chi connectivity index (χ0) is 12.0. The minimum atomic E-state index is 0.134. The van der Waals surface area contributed by atoms with Crippen LogP contribution in [-0.4, -0.2) is 34.8 Å². The Morgan fingerprint density at radius 2 is 2.25 bits per heavy atom. The summed E-state index contributed by atoms with van der Waals surface area (Å²) in [6, 6.07) is 0.134. The van der Waals surface area contributed by atoms with Gasteiger partial charge < -0.3 is 10.1 Å². The Bertz CT molecular complexity index is 288. The normalized spacial score (nSPS) is 13.0. The van der Waals surface area contributed by atoms with Crippen LogP contribution in [-0.2, 0) is 11.8 Å². The predicted octanol–water partition coefficient (Wildman–Crippen LogP) is 1.65. The van der Waals surface area contributed by atoms with Crippen LogP contribution in [0.4, 0.5) is 0 Å². The standard InChI is InChI=1S/C10H19BrN4O/c1-4-6-12-8(7-16-5-2)9-10(11)13-14-15(9)3/h8,12H,4-7H2,1-3H3. The molecule has 6 heteroatoms. The van der Waals surface area contributed by atoms with Crippen LogP contribution in [0.15, 0.2) is 4.60 Å². The SMILES string of the molecule is CCCNC(COCC)c1c(Br)nnn1C. The van der Waals surface area contributed by atoms with Crippen molar-refractivity contribution in [1.82, 2.24) is 20.3 Å². The summed E-state index contributed by atoms with van der Waals surface area (Å²) in [4.78, 5) is 0. The van der Waals surface area contributed by atoms with Crippen LogP contribution in [0.5, 0.6) is 0 Å². The van der Waals surface area contributed by atoms with E-state index in [0.717, 1.165) is 23.3 Å². The van der Waals surface area contributed by atoms with Gasteiger partial charge in [0.1, 0.15) is 0 Å². The highest BCUT2D eigenvalue weighted by Crippen LogP contribution is 2.20. The molecule has 1 unspecified atom stereocenters. The largest absolute Gasteiger partial charge is 0.380 e. The van der Waals surface area contributed by atoms with Gasteiger partial charge in [-0.1, -0.05) is 12.1 Å². The number of nitrogens with one attached hydrogen (secondary N) is 1. The monoisotopic (exact) mass is 290 g/mol. The van der Waals surface area contributed by atoms with Gasteiger partial charge in [-0.25, -0.2) is 4.68 Å². The Kier molecular flexibility index (Phi) is 5.94. The second kappa shape index (κ2) is 6.98. The molecule has 0 aliphatic rings. The van der Waals surface area contributed by atoms with Crippen LogP contribution in [0.2, 0.25) is 0 Å². The highest BCUT2D eigenvalue weighted by molar-refractivity contribution is 9.10. The van der Waals surface area contributed by atoms with Crippen LogP contribution < -0.4 is 5.32 Å². The van der Waals surface area contributed by atoms with Crippen molar-refractivity contribution in [3.05, 3.63) is 10.3 Å². The van der Waals surface area contributed by atoms with E-state index < -0.39 is 0 Å². The molecule has 0 fully saturated rings. The van der Waals surface area contributed by atoms with Crippen LogP contribution in [0, 0.1) is 0 Å². The van der Waals surface area contributed by atoms with E-state index >= 15 is 0 Å². The maximum atomic E-state index is 5.47. The number of hydrogen-bond donors (Lipinski definition) is 1. The summed E-state index contributed by atoms with van der Waals surface area (Å²) < 4.78 is 8.03. The molecule has 92 valence electrons. The van der Waals surface area contributed by atoms with Crippen molar-refractivity contribution in [1.29, 1.82) is 0 Å². The smallest absolute Gasteiger partial charge is 0.153 e. The fourth-order valence-electron chi connectivity index (χ4n) is 1.50. The van der Waals surface area contributed by atoms with E-state index in [9.17, 15) is 0 Å². The number of aromatic nitrogens is 3. The molecule has 1 aromatic heterocycles. The van der Waals surface area contributed by atoms with E-state index in [4.69, 9.17) is 4.74 Å². The number of hydrogen-bond acceptors (Lipinski definition) is 4. The Morgan fingerprint density at radius 1 is 1.50 bits per heavy atom. The minimum Gasteiger partial charge on any atom is -0.380 e. The number of ether oxygens (including phenoxy) is 1. The average Bonchev–Trinajstić information content (AvgIpc) is 2.60. The number of rotatable bonds is 7.